The van der Waals surface area contributed by atoms with E-state index in [0.717, 1.165) is 28.7 Å². The van der Waals surface area contributed by atoms with Gasteiger partial charge in [-0.3, -0.25) is 0 Å². The average molecular weight is 377 g/mol. The highest BCUT2D eigenvalue weighted by Crippen LogP contribution is 2.32. The van der Waals surface area contributed by atoms with E-state index in [1.165, 1.54) is 17.7 Å². The van der Waals surface area contributed by atoms with Crippen LogP contribution in [0.4, 0.5) is 0 Å². The molecule has 2 aromatic heterocycles. The largest absolute Gasteiger partial charge is 0.250 e. The molecule has 0 bridgehead atoms. The lowest BCUT2D eigenvalue weighted by molar-refractivity contribution is 0.400. The maximum Gasteiger partial charge on any atom is 0.250 e. The number of halogens is 1. The number of nitrogens with one attached hydrogen (secondary N) is 1. The van der Waals surface area contributed by atoms with Crippen LogP contribution in [-0.2, 0) is 16.6 Å². The summed E-state index contributed by atoms with van der Waals surface area (Å²) in [4.78, 5) is 4.16. The molecule has 1 aliphatic heterocycles. The van der Waals surface area contributed by atoms with Crippen molar-refractivity contribution in [1.82, 2.24) is 19.5 Å². The number of thiophene rings is 1. The summed E-state index contributed by atoms with van der Waals surface area (Å²) in [6.45, 7) is 2.66. The summed E-state index contributed by atoms with van der Waals surface area (Å²) in [6.07, 6.45) is 3.09. The SMILES string of the molecule is Cc1cc(S(=O)(=O)NC2CCCn3ncnc32)sc1Br. The third kappa shape index (κ3) is 2.54. The molecule has 0 saturated carbocycles. The van der Waals surface area contributed by atoms with Crippen molar-refractivity contribution in [3.63, 3.8) is 0 Å². The molecule has 0 aliphatic carbocycles. The summed E-state index contributed by atoms with van der Waals surface area (Å²) in [6, 6.07) is 1.36. The summed E-state index contributed by atoms with van der Waals surface area (Å²) < 4.78 is 30.5. The van der Waals surface area contributed by atoms with Crippen molar-refractivity contribution in [1.29, 1.82) is 0 Å². The van der Waals surface area contributed by atoms with Crippen molar-refractivity contribution in [2.45, 2.75) is 36.6 Å². The second-order valence-corrected chi connectivity index (χ2v) is 8.99. The van der Waals surface area contributed by atoms with Gasteiger partial charge < -0.3 is 0 Å². The number of hydrogen-bond donors (Lipinski definition) is 1. The van der Waals surface area contributed by atoms with E-state index in [4.69, 9.17) is 0 Å². The van der Waals surface area contributed by atoms with Gasteiger partial charge in [-0.25, -0.2) is 18.1 Å². The van der Waals surface area contributed by atoms with Crippen LogP contribution in [0.1, 0.15) is 30.3 Å². The molecule has 20 heavy (non-hydrogen) atoms. The number of aryl methyl sites for hydroxylation is 2. The van der Waals surface area contributed by atoms with Crippen LogP contribution in [0, 0.1) is 6.92 Å². The van der Waals surface area contributed by atoms with Crippen LogP contribution in [0.2, 0.25) is 0 Å². The van der Waals surface area contributed by atoms with E-state index in [-0.39, 0.29) is 6.04 Å². The molecule has 3 rings (SSSR count). The predicted octanol–water partition coefficient (Wildman–Crippen LogP) is 2.22. The minimum absolute atomic E-state index is 0.308. The van der Waals surface area contributed by atoms with Gasteiger partial charge in [0, 0.05) is 6.54 Å². The second kappa shape index (κ2) is 5.21. The van der Waals surface area contributed by atoms with E-state index in [0.29, 0.717) is 10.0 Å². The first-order valence-electron chi connectivity index (χ1n) is 6.13. The minimum Gasteiger partial charge on any atom is -0.248 e. The Labute approximate surface area is 129 Å². The normalized spacial score (nSPS) is 19.0. The minimum atomic E-state index is -3.52. The molecule has 1 atom stereocenters. The molecule has 0 amide bonds. The van der Waals surface area contributed by atoms with Gasteiger partial charge in [0.2, 0.25) is 0 Å². The molecular formula is C11H13BrN4O2S2. The first kappa shape index (κ1) is 14.2. The fraction of sp³-hybridized carbons (Fsp3) is 0.455. The zero-order valence-corrected chi connectivity index (χ0v) is 13.9. The number of rotatable bonds is 3. The zero-order valence-electron chi connectivity index (χ0n) is 10.7. The van der Waals surface area contributed by atoms with E-state index in [2.05, 4.69) is 30.7 Å². The Balaban J connectivity index is 1.88. The van der Waals surface area contributed by atoms with Gasteiger partial charge in [0.05, 0.1) is 9.83 Å². The van der Waals surface area contributed by atoms with Crippen LogP contribution < -0.4 is 4.72 Å². The number of fused-ring (bicyclic) bond motifs is 1. The van der Waals surface area contributed by atoms with Gasteiger partial charge in [-0.2, -0.15) is 9.82 Å². The van der Waals surface area contributed by atoms with Crippen LogP contribution in [0.15, 0.2) is 20.4 Å². The lowest BCUT2D eigenvalue weighted by Gasteiger charge is -2.22. The molecule has 0 aromatic carbocycles. The van der Waals surface area contributed by atoms with Gasteiger partial charge in [-0.15, -0.1) is 11.3 Å². The standard InChI is InChI=1S/C11H13BrN4O2S2/c1-7-5-9(19-10(7)12)20(17,18)15-8-3-2-4-16-11(8)13-6-14-16/h5-6,8,15H,2-4H2,1H3. The average Bonchev–Trinajstić information content (AvgIpc) is 2.98. The lowest BCUT2D eigenvalue weighted by Crippen LogP contribution is -2.33. The quantitative estimate of drug-likeness (QED) is 0.890. The van der Waals surface area contributed by atoms with E-state index in [9.17, 15) is 8.42 Å². The van der Waals surface area contributed by atoms with Crippen molar-refractivity contribution >= 4 is 37.3 Å². The Hall–Kier alpha value is -0.770. The van der Waals surface area contributed by atoms with Crippen LogP contribution in [0.3, 0.4) is 0 Å². The Bertz CT molecular complexity index is 718. The molecule has 1 N–H and O–H groups in total. The van der Waals surface area contributed by atoms with Crippen LogP contribution in [0.25, 0.3) is 0 Å². The number of hydrogen-bond acceptors (Lipinski definition) is 5. The van der Waals surface area contributed by atoms with E-state index in [1.807, 2.05) is 6.92 Å². The molecule has 1 aliphatic rings. The fourth-order valence-corrected chi connectivity index (χ4v) is 5.68. The molecule has 0 spiro atoms. The highest BCUT2D eigenvalue weighted by Gasteiger charge is 2.28. The van der Waals surface area contributed by atoms with Gasteiger partial charge in [0.25, 0.3) is 10.0 Å². The van der Waals surface area contributed by atoms with Gasteiger partial charge in [0.1, 0.15) is 16.4 Å². The van der Waals surface area contributed by atoms with Crippen molar-refractivity contribution in [2.75, 3.05) is 0 Å². The van der Waals surface area contributed by atoms with E-state index in [1.54, 1.807) is 10.7 Å². The Morgan fingerprint density at radius 2 is 2.35 bits per heavy atom. The Morgan fingerprint density at radius 1 is 1.55 bits per heavy atom. The summed E-state index contributed by atoms with van der Waals surface area (Å²) in [5.41, 5.74) is 0.919. The molecule has 0 radical (unpaired) electrons. The Morgan fingerprint density at radius 3 is 3.05 bits per heavy atom. The van der Waals surface area contributed by atoms with Crippen molar-refractivity contribution in [3.8, 4) is 0 Å². The molecule has 3 heterocycles. The molecule has 2 aromatic rings. The third-order valence-corrected chi connectivity index (χ3v) is 7.30. The molecule has 9 heteroatoms. The van der Waals surface area contributed by atoms with Gasteiger partial charge >= 0.3 is 0 Å². The van der Waals surface area contributed by atoms with Crippen molar-refractivity contribution < 1.29 is 8.42 Å². The molecule has 6 nitrogen and oxygen atoms in total. The number of nitrogens with zero attached hydrogens (tertiary/aromatic N) is 3. The molecule has 0 saturated heterocycles. The highest BCUT2D eigenvalue weighted by molar-refractivity contribution is 9.11. The maximum absolute atomic E-state index is 12.4. The van der Waals surface area contributed by atoms with Crippen LogP contribution >= 0.6 is 27.3 Å². The summed E-state index contributed by atoms with van der Waals surface area (Å²) in [5, 5.41) is 4.09. The summed E-state index contributed by atoms with van der Waals surface area (Å²) in [5.74, 6) is 0.687. The van der Waals surface area contributed by atoms with E-state index >= 15 is 0 Å². The number of sulfonamides is 1. The molecule has 1 unspecified atom stereocenters. The van der Waals surface area contributed by atoms with Crippen molar-refractivity contribution in [3.05, 3.63) is 27.6 Å². The van der Waals surface area contributed by atoms with Crippen molar-refractivity contribution in [2.24, 2.45) is 0 Å². The first-order chi connectivity index (χ1) is 9.47. The second-order valence-electron chi connectivity index (χ2n) is 4.68. The smallest absolute Gasteiger partial charge is 0.248 e. The molecule has 0 fully saturated rings. The van der Waals surface area contributed by atoms with Gasteiger partial charge in [-0.05, 0) is 47.3 Å². The first-order valence-corrected chi connectivity index (χ1v) is 9.22. The van der Waals surface area contributed by atoms with Crippen LogP contribution in [-0.4, -0.2) is 23.2 Å². The molecule has 108 valence electrons. The zero-order chi connectivity index (χ0) is 14.3. The summed E-state index contributed by atoms with van der Waals surface area (Å²) in [7, 11) is -3.52. The number of aromatic nitrogens is 3. The van der Waals surface area contributed by atoms with Crippen LogP contribution in [0.5, 0.6) is 0 Å². The summed E-state index contributed by atoms with van der Waals surface area (Å²) >= 11 is 4.57. The van der Waals surface area contributed by atoms with Gasteiger partial charge in [-0.1, -0.05) is 0 Å². The Kier molecular flexibility index (Phi) is 3.69. The maximum atomic E-state index is 12.4. The predicted molar refractivity (Wildman–Crippen MR) is 79.1 cm³/mol. The topological polar surface area (TPSA) is 76.9 Å². The fourth-order valence-electron chi connectivity index (χ4n) is 2.21. The third-order valence-electron chi connectivity index (χ3n) is 3.22. The lowest BCUT2D eigenvalue weighted by atomic mass is 10.1. The monoisotopic (exact) mass is 376 g/mol. The van der Waals surface area contributed by atoms with E-state index < -0.39 is 10.0 Å². The highest BCUT2D eigenvalue weighted by atomic mass is 79.9. The van der Waals surface area contributed by atoms with Gasteiger partial charge in [0.15, 0.2) is 0 Å². The molecular weight excluding hydrogens is 364 g/mol.